The molecule has 0 saturated heterocycles. The Kier molecular flexibility index (Phi) is 5.26. The van der Waals surface area contributed by atoms with Crippen LogP contribution in [0.5, 0.6) is 0 Å². The lowest BCUT2D eigenvalue weighted by molar-refractivity contribution is -0.140. The van der Waals surface area contributed by atoms with E-state index in [1.54, 1.807) is 13.8 Å². The summed E-state index contributed by atoms with van der Waals surface area (Å²) < 4.78 is 0. The number of hydrogen-bond acceptors (Lipinski definition) is 2. The molecule has 0 aliphatic heterocycles. The first kappa shape index (κ1) is 14.0. The van der Waals surface area contributed by atoms with Crippen LogP contribution in [0.25, 0.3) is 0 Å². The highest BCUT2D eigenvalue weighted by atomic mass is 16.4. The van der Waals surface area contributed by atoms with Gasteiger partial charge in [-0.25, -0.2) is 0 Å². The average Bonchev–Trinajstić information content (AvgIpc) is 2.19. The van der Waals surface area contributed by atoms with Crippen molar-refractivity contribution in [2.45, 2.75) is 89.3 Å². The van der Waals surface area contributed by atoms with E-state index in [0.29, 0.717) is 0 Å². The average molecular weight is 228 g/mol. The maximum Gasteiger partial charge on any atom is 0.0902 e. The Morgan fingerprint density at radius 3 is 1.12 bits per heavy atom. The lowest BCUT2D eigenvalue weighted by Gasteiger charge is -2.39. The van der Waals surface area contributed by atoms with Crippen molar-refractivity contribution in [1.82, 2.24) is 0 Å². The molecule has 1 aliphatic rings. The normalized spacial score (nSPS) is 39.8. The largest absolute Gasteiger partial charge is 0.387 e. The summed E-state index contributed by atoms with van der Waals surface area (Å²) >= 11 is 0. The molecule has 1 saturated carbocycles. The lowest BCUT2D eigenvalue weighted by atomic mass is 9.78. The van der Waals surface area contributed by atoms with Gasteiger partial charge in [-0.1, -0.05) is 51.4 Å². The molecule has 2 nitrogen and oxygen atoms in total. The Hall–Kier alpha value is -0.0800. The van der Waals surface area contributed by atoms with Gasteiger partial charge in [-0.05, 0) is 26.7 Å². The van der Waals surface area contributed by atoms with Gasteiger partial charge < -0.3 is 10.2 Å². The Bertz CT molecular complexity index is 175. The Morgan fingerprint density at radius 1 is 0.562 bits per heavy atom. The van der Waals surface area contributed by atoms with Gasteiger partial charge in [0.15, 0.2) is 0 Å². The second kappa shape index (κ2) is 6.02. The van der Waals surface area contributed by atoms with Crippen molar-refractivity contribution in [2.75, 3.05) is 0 Å². The molecule has 1 fully saturated rings. The molecule has 0 bridgehead atoms. The van der Waals surface area contributed by atoms with Crippen molar-refractivity contribution >= 4 is 0 Å². The molecule has 1 aliphatic carbocycles. The van der Waals surface area contributed by atoms with Crippen molar-refractivity contribution in [1.29, 1.82) is 0 Å². The Balaban J connectivity index is 2.54. The predicted molar refractivity (Wildman–Crippen MR) is 67.4 cm³/mol. The van der Waals surface area contributed by atoms with Gasteiger partial charge in [-0.15, -0.1) is 0 Å². The van der Waals surface area contributed by atoms with Crippen molar-refractivity contribution in [3.05, 3.63) is 0 Å². The third-order valence-corrected chi connectivity index (χ3v) is 4.24. The van der Waals surface area contributed by atoms with Gasteiger partial charge in [0.25, 0.3) is 0 Å². The van der Waals surface area contributed by atoms with Gasteiger partial charge in [0, 0.05) is 0 Å². The molecule has 0 heterocycles. The summed E-state index contributed by atoms with van der Waals surface area (Å²) in [5.74, 6) is 0. The number of hydrogen-bond donors (Lipinski definition) is 2. The molecule has 0 aromatic heterocycles. The van der Waals surface area contributed by atoms with Crippen LogP contribution in [0.2, 0.25) is 0 Å². The third kappa shape index (κ3) is 4.06. The van der Waals surface area contributed by atoms with Gasteiger partial charge in [-0.2, -0.15) is 0 Å². The molecule has 96 valence electrons. The molecule has 1 rings (SSSR count). The van der Waals surface area contributed by atoms with Crippen LogP contribution < -0.4 is 0 Å². The maximum atomic E-state index is 10.3. The zero-order chi connectivity index (χ0) is 12.1. The van der Waals surface area contributed by atoms with Crippen LogP contribution in [0.4, 0.5) is 0 Å². The quantitative estimate of drug-likeness (QED) is 0.667. The smallest absolute Gasteiger partial charge is 0.0902 e. The molecule has 0 amide bonds. The van der Waals surface area contributed by atoms with Crippen molar-refractivity contribution < 1.29 is 10.2 Å². The first-order valence-electron chi connectivity index (χ1n) is 6.90. The minimum atomic E-state index is -0.924. The summed E-state index contributed by atoms with van der Waals surface area (Å²) in [5.41, 5.74) is -1.85. The first-order chi connectivity index (χ1) is 7.46. The van der Waals surface area contributed by atoms with Crippen LogP contribution in [0.15, 0.2) is 0 Å². The summed E-state index contributed by atoms with van der Waals surface area (Å²) in [4.78, 5) is 0. The number of aliphatic hydroxyl groups is 2. The van der Waals surface area contributed by atoms with Gasteiger partial charge in [0.05, 0.1) is 11.2 Å². The van der Waals surface area contributed by atoms with Gasteiger partial charge in [0.2, 0.25) is 0 Å². The lowest BCUT2D eigenvalue weighted by Crippen LogP contribution is -2.49. The summed E-state index contributed by atoms with van der Waals surface area (Å²) in [5, 5.41) is 20.7. The molecule has 0 spiro atoms. The minimum Gasteiger partial charge on any atom is -0.387 e. The van der Waals surface area contributed by atoms with E-state index in [9.17, 15) is 10.2 Å². The van der Waals surface area contributed by atoms with Crippen molar-refractivity contribution in [2.24, 2.45) is 0 Å². The monoisotopic (exact) mass is 228 g/mol. The van der Waals surface area contributed by atoms with Crippen LogP contribution >= 0.6 is 0 Å². The van der Waals surface area contributed by atoms with Gasteiger partial charge in [-0.3, -0.25) is 0 Å². The minimum absolute atomic E-state index is 0.722. The summed E-state index contributed by atoms with van der Waals surface area (Å²) in [6, 6.07) is 0. The van der Waals surface area contributed by atoms with Crippen LogP contribution in [0.3, 0.4) is 0 Å². The van der Waals surface area contributed by atoms with E-state index < -0.39 is 11.2 Å². The molecule has 0 aromatic rings. The Labute approximate surface area is 100 Å². The molecule has 0 aromatic carbocycles. The second-order valence-electron chi connectivity index (χ2n) is 5.88. The summed E-state index contributed by atoms with van der Waals surface area (Å²) in [6.45, 7) is 3.58. The highest BCUT2D eigenvalue weighted by molar-refractivity contribution is 4.93. The summed E-state index contributed by atoms with van der Waals surface area (Å²) in [6.07, 6.45) is 11.1. The molecule has 2 heteroatoms. The van der Waals surface area contributed by atoms with Gasteiger partial charge in [0.1, 0.15) is 0 Å². The highest BCUT2D eigenvalue weighted by Crippen LogP contribution is 2.32. The van der Waals surface area contributed by atoms with E-state index in [4.69, 9.17) is 0 Å². The fourth-order valence-electron chi connectivity index (χ4n) is 2.54. The molecular formula is C14H28O2. The fraction of sp³-hybridized carbons (Fsp3) is 1.00. The van der Waals surface area contributed by atoms with E-state index in [1.807, 2.05) is 0 Å². The Morgan fingerprint density at radius 2 is 0.812 bits per heavy atom. The van der Waals surface area contributed by atoms with E-state index in [2.05, 4.69) is 0 Å². The third-order valence-electron chi connectivity index (χ3n) is 4.24. The second-order valence-corrected chi connectivity index (χ2v) is 5.88. The molecule has 0 radical (unpaired) electrons. The maximum absolute atomic E-state index is 10.3. The first-order valence-corrected chi connectivity index (χ1v) is 6.90. The van der Waals surface area contributed by atoms with E-state index >= 15 is 0 Å². The van der Waals surface area contributed by atoms with Crippen LogP contribution in [0.1, 0.15) is 78.1 Å². The molecule has 16 heavy (non-hydrogen) atoms. The van der Waals surface area contributed by atoms with E-state index in [0.717, 1.165) is 25.7 Å². The fourth-order valence-corrected chi connectivity index (χ4v) is 2.54. The molecule has 2 atom stereocenters. The molecule has 2 unspecified atom stereocenters. The van der Waals surface area contributed by atoms with Crippen molar-refractivity contribution in [3.8, 4) is 0 Å². The highest BCUT2D eigenvalue weighted by Gasteiger charge is 2.40. The number of rotatable bonds is 0. The van der Waals surface area contributed by atoms with Crippen LogP contribution in [0, 0.1) is 0 Å². The standard InChI is InChI=1S/C14H28O2/c1-13(15)11-9-7-5-3-4-6-8-10-12-14(13,2)16/h15-16H,3-12H2,1-2H3. The van der Waals surface area contributed by atoms with E-state index in [-0.39, 0.29) is 0 Å². The van der Waals surface area contributed by atoms with E-state index in [1.165, 1.54) is 38.5 Å². The molecule has 2 N–H and O–H groups in total. The molecular weight excluding hydrogens is 200 g/mol. The van der Waals surface area contributed by atoms with Gasteiger partial charge >= 0.3 is 0 Å². The van der Waals surface area contributed by atoms with Crippen LogP contribution in [-0.2, 0) is 0 Å². The predicted octanol–water partition coefficient (Wildman–Crippen LogP) is 3.40. The SMILES string of the molecule is CC1(O)CCCCCCCCCCC1(C)O. The van der Waals surface area contributed by atoms with Crippen LogP contribution in [-0.4, -0.2) is 21.4 Å². The zero-order valence-corrected chi connectivity index (χ0v) is 11.0. The summed E-state index contributed by atoms with van der Waals surface area (Å²) in [7, 11) is 0. The zero-order valence-electron chi connectivity index (χ0n) is 11.0. The topological polar surface area (TPSA) is 40.5 Å². The van der Waals surface area contributed by atoms with Crippen molar-refractivity contribution in [3.63, 3.8) is 0 Å².